The molecule has 2 aliphatic rings. The fraction of sp³-hybridized carbons (Fsp3) is 0.650. The Hall–Kier alpha value is -1.44. The van der Waals surface area contributed by atoms with Crippen LogP contribution in [0.15, 0.2) is 29.2 Å². The smallest absolute Gasteiger partial charge is 0.277 e. The summed E-state index contributed by atoms with van der Waals surface area (Å²) in [6, 6.07) is 7.17. The molecule has 0 atom stereocenters. The second-order valence-corrected chi connectivity index (χ2v) is 9.93. The third kappa shape index (κ3) is 4.89. The number of nitrogens with zero attached hydrogens (tertiary/aromatic N) is 2. The van der Waals surface area contributed by atoms with Crippen molar-refractivity contribution in [2.45, 2.75) is 43.9 Å². The lowest BCUT2D eigenvalue weighted by atomic mass is 10.0. The van der Waals surface area contributed by atoms with Crippen molar-refractivity contribution < 1.29 is 18.1 Å². The maximum absolute atomic E-state index is 12.9. The molecule has 0 spiro atoms. The molecule has 1 N–H and O–H groups in total. The molecule has 27 heavy (non-hydrogen) atoms. The van der Waals surface area contributed by atoms with Crippen LogP contribution in [0.4, 0.5) is 0 Å². The summed E-state index contributed by atoms with van der Waals surface area (Å²) in [4.78, 5) is 16.1. The fourth-order valence-corrected chi connectivity index (χ4v) is 5.33. The van der Waals surface area contributed by atoms with Crippen LogP contribution in [0.25, 0.3) is 0 Å². The summed E-state index contributed by atoms with van der Waals surface area (Å²) >= 11 is 0. The molecule has 150 valence electrons. The second kappa shape index (κ2) is 8.71. The van der Waals surface area contributed by atoms with Gasteiger partial charge in [-0.2, -0.15) is 4.31 Å². The molecule has 0 unspecified atom stereocenters. The summed E-state index contributed by atoms with van der Waals surface area (Å²) in [5, 5.41) is 0. The molecular weight excluding hydrogens is 362 g/mol. The van der Waals surface area contributed by atoms with E-state index < -0.39 is 10.0 Å². The van der Waals surface area contributed by atoms with Crippen LogP contribution in [-0.2, 0) is 14.8 Å². The average molecular weight is 395 g/mol. The lowest BCUT2D eigenvalue weighted by molar-refractivity contribution is -0.897. The number of amides is 1. The average Bonchev–Trinajstić information content (AvgIpc) is 2.69. The largest absolute Gasteiger partial charge is 0.335 e. The number of hydrogen-bond donors (Lipinski definition) is 1. The van der Waals surface area contributed by atoms with E-state index in [2.05, 4.69) is 13.8 Å². The molecule has 0 aromatic heterocycles. The minimum Gasteiger partial charge on any atom is -0.335 e. The number of carbonyl (C=O) groups is 1. The SMILES string of the molecule is CC(C)c1ccc(S(=O)(=O)N2CCN(C(=O)C[NH+]3CCCCC3)CC2)cc1. The fourth-order valence-electron chi connectivity index (χ4n) is 3.91. The highest BCUT2D eigenvalue weighted by molar-refractivity contribution is 7.89. The van der Waals surface area contributed by atoms with Crippen molar-refractivity contribution in [3.63, 3.8) is 0 Å². The van der Waals surface area contributed by atoms with Crippen LogP contribution in [0.5, 0.6) is 0 Å². The number of nitrogens with one attached hydrogen (secondary N) is 1. The number of likely N-dealkylation sites (tertiary alicyclic amines) is 1. The molecule has 0 aliphatic carbocycles. The Morgan fingerprint density at radius 3 is 2.15 bits per heavy atom. The van der Waals surface area contributed by atoms with Gasteiger partial charge in [-0.3, -0.25) is 4.79 Å². The van der Waals surface area contributed by atoms with E-state index in [1.54, 1.807) is 12.1 Å². The van der Waals surface area contributed by atoms with E-state index in [0.717, 1.165) is 18.7 Å². The van der Waals surface area contributed by atoms with Gasteiger partial charge in [0.05, 0.1) is 18.0 Å². The van der Waals surface area contributed by atoms with Gasteiger partial charge < -0.3 is 9.80 Å². The molecule has 0 radical (unpaired) electrons. The van der Waals surface area contributed by atoms with Gasteiger partial charge >= 0.3 is 0 Å². The van der Waals surface area contributed by atoms with E-state index in [1.165, 1.54) is 28.5 Å². The summed E-state index contributed by atoms with van der Waals surface area (Å²) in [6.45, 7) is 8.58. The van der Waals surface area contributed by atoms with E-state index in [9.17, 15) is 13.2 Å². The van der Waals surface area contributed by atoms with E-state index in [1.807, 2.05) is 17.0 Å². The van der Waals surface area contributed by atoms with Crippen molar-refractivity contribution in [2.75, 3.05) is 45.8 Å². The van der Waals surface area contributed by atoms with Crippen LogP contribution in [0.3, 0.4) is 0 Å². The van der Waals surface area contributed by atoms with Crippen LogP contribution < -0.4 is 4.90 Å². The summed E-state index contributed by atoms with van der Waals surface area (Å²) in [6.07, 6.45) is 3.67. The molecule has 3 rings (SSSR count). The Bertz CT molecular complexity index is 732. The van der Waals surface area contributed by atoms with E-state index in [4.69, 9.17) is 0 Å². The molecule has 1 amide bonds. The maximum atomic E-state index is 12.9. The van der Waals surface area contributed by atoms with Crippen molar-refractivity contribution in [1.82, 2.24) is 9.21 Å². The Morgan fingerprint density at radius 1 is 1.00 bits per heavy atom. The predicted molar refractivity (Wildman–Crippen MR) is 105 cm³/mol. The lowest BCUT2D eigenvalue weighted by Gasteiger charge is -2.35. The Kier molecular flexibility index (Phi) is 6.55. The summed E-state index contributed by atoms with van der Waals surface area (Å²) in [5.41, 5.74) is 1.13. The molecule has 2 aliphatic heterocycles. The van der Waals surface area contributed by atoms with Crippen LogP contribution in [0.1, 0.15) is 44.6 Å². The number of carbonyl (C=O) groups excluding carboxylic acids is 1. The second-order valence-electron chi connectivity index (χ2n) is 8.00. The molecule has 1 aromatic carbocycles. The predicted octanol–water partition coefficient (Wildman–Crippen LogP) is 0.712. The summed E-state index contributed by atoms with van der Waals surface area (Å²) in [7, 11) is -3.49. The highest BCUT2D eigenvalue weighted by atomic mass is 32.2. The van der Waals surface area contributed by atoms with Gasteiger partial charge in [-0.25, -0.2) is 8.42 Å². The lowest BCUT2D eigenvalue weighted by Crippen LogP contribution is -3.13. The highest BCUT2D eigenvalue weighted by Gasteiger charge is 2.31. The van der Waals surface area contributed by atoms with Gasteiger partial charge in [0.25, 0.3) is 5.91 Å². The number of quaternary nitrogens is 1. The van der Waals surface area contributed by atoms with Gasteiger partial charge in [0.15, 0.2) is 6.54 Å². The Balaban J connectivity index is 1.56. The number of sulfonamides is 1. The van der Waals surface area contributed by atoms with Crippen molar-refractivity contribution in [3.8, 4) is 0 Å². The zero-order chi connectivity index (χ0) is 19.4. The maximum Gasteiger partial charge on any atom is 0.277 e. The minimum absolute atomic E-state index is 0.158. The van der Waals surface area contributed by atoms with Crippen LogP contribution in [0, 0.1) is 0 Å². The van der Waals surface area contributed by atoms with Crippen molar-refractivity contribution in [1.29, 1.82) is 0 Å². The third-order valence-electron chi connectivity index (χ3n) is 5.74. The Labute approximate surface area is 163 Å². The van der Waals surface area contributed by atoms with E-state index in [0.29, 0.717) is 43.5 Å². The monoisotopic (exact) mass is 394 g/mol. The first-order valence-corrected chi connectivity index (χ1v) is 11.5. The molecule has 2 heterocycles. The van der Waals surface area contributed by atoms with E-state index in [-0.39, 0.29) is 5.91 Å². The summed E-state index contributed by atoms with van der Waals surface area (Å²) in [5.74, 6) is 0.531. The normalized spacial score (nSPS) is 20.2. The van der Waals surface area contributed by atoms with Gasteiger partial charge in [0, 0.05) is 26.2 Å². The van der Waals surface area contributed by atoms with Crippen molar-refractivity contribution in [2.24, 2.45) is 0 Å². The summed E-state index contributed by atoms with van der Waals surface area (Å²) < 4.78 is 27.3. The van der Waals surface area contributed by atoms with Gasteiger partial charge in [-0.15, -0.1) is 0 Å². The number of rotatable bonds is 5. The highest BCUT2D eigenvalue weighted by Crippen LogP contribution is 2.21. The molecular formula is C20H32N3O3S+. The van der Waals surface area contributed by atoms with Crippen LogP contribution in [-0.4, -0.2) is 69.3 Å². The van der Waals surface area contributed by atoms with Gasteiger partial charge in [0.2, 0.25) is 10.0 Å². The zero-order valence-electron chi connectivity index (χ0n) is 16.5. The molecule has 1 aromatic rings. The molecule has 0 saturated carbocycles. The van der Waals surface area contributed by atoms with E-state index >= 15 is 0 Å². The number of piperazine rings is 1. The molecule has 2 saturated heterocycles. The van der Waals surface area contributed by atoms with Gasteiger partial charge in [-0.05, 0) is 42.9 Å². The topological polar surface area (TPSA) is 62.1 Å². The van der Waals surface area contributed by atoms with Gasteiger partial charge in [-0.1, -0.05) is 26.0 Å². The van der Waals surface area contributed by atoms with Crippen LogP contribution >= 0.6 is 0 Å². The third-order valence-corrected chi connectivity index (χ3v) is 7.65. The molecule has 0 bridgehead atoms. The number of piperidine rings is 1. The number of benzene rings is 1. The van der Waals surface area contributed by atoms with Crippen LogP contribution in [0.2, 0.25) is 0 Å². The quantitative estimate of drug-likeness (QED) is 0.800. The standard InChI is InChI=1S/C20H31N3O3S/c1-17(2)18-6-8-19(9-7-18)27(25,26)23-14-12-22(13-15-23)20(24)16-21-10-4-3-5-11-21/h6-9,17H,3-5,10-16H2,1-2H3/p+1. The minimum atomic E-state index is -3.49. The Morgan fingerprint density at radius 2 is 1.59 bits per heavy atom. The first kappa shape index (κ1) is 20.3. The van der Waals surface area contributed by atoms with Gasteiger partial charge in [0.1, 0.15) is 0 Å². The first-order chi connectivity index (χ1) is 12.9. The first-order valence-electron chi connectivity index (χ1n) is 10.1. The van der Waals surface area contributed by atoms with Crippen molar-refractivity contribution >= 4 is 15.9 Å². The van der Waals surface area contributed by atoms with Crippen molar-refractivity contribution in [3.05, 3.63) is 29.8 Å². The zero-order valence-corrected chi connectivity index (χ0v) is 17.3. The molecule has 2 fully saturated rings. The molecule has 6 nitrogen and oxygen atoms in total. The number of hydrogen-bond acceptors (Lipinski definition) is 3. The molecule has 7 heteroatoms.